The Morgan fingerprint density at radius 2 is 2.31 bits per heavy atom. The number of carbonyl (C=O) groups is 2. The van der Waals surface area contributed by atoms with Crippen molar-refractivity contribution in [2.75, 3.05) is 6.61 Å². The van der Waals surface area contributed by atoms with Crippen molar-refractivity contribution in [2.24, 2.45) is 13.0 Å². The highest BCUT2D eigenvalue weighted by Gasteiger charge is 2.28. The van der Waals surface area contributed by atoms with Gasteiger partial charge in [-0.1, -0.05) is 0 Å². The van der Waals surface area contributed by atoms with Crippen LogP contribution in [0.4, 0.5) is 0 Å². The molecule has 0 fully saturated rings. The van der Waals surface area contributed by atoms with Gasteiger partial charge < -0.3 is 9.84 Å². The number of aryl methyl sites for hydroxylation is 1. The lowest BCUT2D eigenvalue weighted by Gasteiger charge is -2.09. The molecule has 0 radical (unpaired) electrons. The number of rotatable bonds is 5. The van der Waals surface area contributed by atoms with E-state index in [9.17, 15) is 9.59 Å². The molecule has 0 saturated heterocycles. The third-order valence-electron chi connectivity index (χ3n) is 2.07. The molecule has 0 spiro atoms. The van der Waals surface area contributed by atoms with Gasteiger partial charge in [-0.2, -0.15) is 5.10 Å². The van der Waals surface area contributed by atoms with Crippen LogP contribution in [-0.4, -0.2) is 33.4 Å². The molecule has 0 aliphatic carbocycles. The maximum absolute atomic E-state index is 11.4. The van der Waals surface area contributed by atoms with E-state index in [1.165, 1.54) is 6.20 Å². The molecule has 1 heterocycles. The zero-order valence-corrected chi connectivity index (χ0v) is 9.21. The summed E-state index contributed by atoms with van der Waals surface area (Å²) >= 11 is 0. The Balaban J connectivity index is 2.72. The molecule has 1 N–H and O–H groups in total. The second kappa shape index (κ2) is 5.29. The average Bonchev–Trinajstić information content (AvgIpc) is 2.60. The van der Waals surface area contributed by atoms with E-state index < -0.39 is 17.9 Å². The Morgan fingerprint density at radius 3 is 2.75 bits per heavy atom. The van der Waals surface area contributed by atoms with E-state index in [1.54, 1.807) is 24.9 Å². The first-order valence-electron chi connectivity index (χ1n) is 4.91. The van der Waals surface area contributed by atoms with Gasteiger partial charge in [0.05, 0.1) is 12.8 Å². The highest BCUT2D eigenvalue weighted by Crippen LogP contribution is 2.10. The number of aromatic nitrogens is 2. The average molecular weight is 226 g/mol. The first-order valence-corrected chi connectivity index (χ1v) is 4.91. The molecule has 88 valence electrons. The number of carboxylic acids is 1. The van der Waals surface area contributed by atoms with Crippen molar-refractivity contribution in [1.82, 2.24) is 9.78 Å². The second-order valence-corrected chi connectivity index (χ2v) is 3.37. The van der Waals surface area contributed by atoms with Gasteiger partial charge in [0.25, 0.3) is 0 Å². The number of nitrogens with zero attached hydrogens (tertiary/aromatic N) is 2. The predicted octanol–water partition coefficient (Wildman–Crippen LogP) is 0.226. The zero-order chi connectivity index (χ0) is 12.1. The van der Waals surface area contributed by atoms with Crippen LogP contribution in [-0.2, 0) is 27.8 Å². The normalized spacial score (nSPS) is 12.1. The van der Waals surface area contributed by atoms with E-state index in [-0.39, 0.29) is 13.0 Å². The van der Waals surface area contributed by atoms with E-state index in [0.717, 1.165) is 0 Å². The van der Waals surface area contributed by atoms with Crippen molar-refractivity contribution in [3.8, 4) is 0 Å². The summed E-state index contributed by atoms with van der Waals surface area (Å²) in [6, 6.07) is 0. The molecule has 16 heavy (non-hydrogen) atoms. The minimum Gasteiger partial charge on any atom is -0.481 e. The van der Waals surface area contributed by atoms with Crippen LogP contribution < -0.4 is 0 Å². The molecule has 0 amide bonds. The monoisotopic (exact) mass is 226 g/mol. The maximum atomic E-state index is 11.4. The fraction of sp³-hybridized carbons (Fsp3) is 0.500. The number of esters is 1. The van der Waals surface area contributed by atoms with Gasteiger partial charge in [-0.3, -0.25) is 14.3 Å². The molecule has 0 aliphatic heterocycles. The minimum atomic E-state index is -1.18. The zero-order valence-electron chi connectivity index (χ0n) is 9.21. The van der Waals surface area contributed by atoms with Crippen LogP contribution >= 0.6 is 0 Å². The highest BCUT2D eigenvalue weighted by atomic mass is 16.5. The third-order valence-corrected chi connectivity index (χ3v) is 2.07. The van der Waals surface area contributed by atoms with Gasteiger partial charge in [-0.05, 0) is 18.9 Å². The number of hydrogen-bond acceptors (Lipinski definition) is 4. The van der Waals surface area contributed by atoms with Crippen LogP contribution in [0.2, 0.25) is 0 Å². The lowest BCUT2D eigenvalue weighted by Crippen LogP contribution is -2.27. The van der Waals surface area contributed by atoms with E-state index in [2.05, 4.69) is 5.10 Å². The topological polar surface area (TPSA) is 81.4 Å². The Labute approximate surface area is 92.8 Å². The van der Waals surface area contributed by atoms with E-state index in [0.29, 0.717) is 5.56 Å². The first kappa shape index (κ1) is 12.2. The summed E-state index contributed by atoms with van der Waals surface area (Å²) in [5, 5.41) is 12.8. The van der Waals surface area contributed by atoms with Crippen molar-refractivity contribution in [2.45, 2.75) is 13.3 Å². The first-order chi connectivity index (χ1) is 7.54. The number of aliphatic carboxylic acids is 1. The summed E-state index contributed by atoms with van der Waals surface area (Å²) in [5.74, 6) is -3.05. The molecule has 0 aromatic carbocycles. The molecule has 0 bridgehead atoms. The molecular weight excluding hydrogens is 212 g/mol. The van der Waals surface area contributed by atoms with Crippen molar-refractivity contribution in [3.63, 3.8) is 0 Å². The minimum absolute atomic E-state index is 0.0992. The summed E-state index contributed by atoms with van der Waals surface area (Å²) in [4.78, 5) is 22.3. The number of ether oxygens (including phenoxy) is 1. The van der Waals surface area contributed by atoms with Crippen molar-refractivity contribution in [1.29, 1.82) is 0 Å². The molecule has 0 aliphatic rings. The lowest BCUT2D eigenvalue weighted by molar-refractivity contribution is -0.158. The quantitative estimate of drug-likeness (QED) is 0.574. The highest BCUT2D eigenvalue weighted by molar-refractivity contribution is 5.94. The number of carbonyl (C=O) groups excluding carboxylic acids is 1. The van der Waals surface area contributed by atoms with Crippen LogP contribution in [0, 0.1) is 5.92 Å². The Bertz CT molecular complexity index is 386. The van der Waals surface area contributed by atoms with Gasteiger partial charge in [0.1, 0.15) is 0 Å². The molecule has 0 saturated carbocycles. The third kappa shape index (κ3) is 3.08. The van der Waals surface area contributed by atoms with Crippen LogP contribution in [0.25, 0.3) is 0 Å². The van der Waals surface area contributed by atoms with Crippen LogP contribution in [0.5, 0.6) is 0 Å². The summed E-state index contributed by atoms with van der Waals surface area (Å²) in [6.07, 6.45) is 3.31. The second-order valence-electron chi connectivity index (χ2n) is 3.37. The van der Waals surface area contributed by atoms with E-state index in [4.69, 9.17) is 9.84 Å². The van der Waals surface area contributed by atoms with Gasteiger partial charge in [-0.15, -0.1) is 0 Å². The molecule has 1 rings (SSSR count). The Kier molecular flexibility index (Phi) is 4.04. The summed E-state index contributed by atoms with van der Waals surface area (Å²) in [5.41, 5.74) is 0.697. The lowest BCUT2D eigenvalue weighted by atomic mass is 10.0. The van der Waals surface area contributed by atoms with Crippen LogP contribution in [0.3, 0.4) is 0 Å². The molecule has 1 aromatic rings. The molecular formula is C10H14N2O4. The van der Waals surface area contributed by atoms with Gasteiger partial charge in [-0.25, -0.2) is 0 Å². The van der Waals surface area contributed by atoms with Crippen LogP contribution in [0.15, 0.2) is 12.4 Å². The van der Waals surface area contributed by atoms with Gasteiger partial charge in [0, 0.05) is 13.2 Å². The van der Waals surface area contributed by atoms with E-state index in [1.807, 2.05) is 0 Å². The summed E-state index contributed by atoms with van der Waals surface area (Å²) in [7, 11) is 1.73. The number of hydrogen-bond donors (Lipinski definition) is 1. The van der Waals surface area contributed by atoms with Crippen molar-refractivity contribution < 1.29 is 19.4 Å². The molecule has 1 atom stereocenters. The number of carboxylic acid groups (broad SMARTS) is 1. The standard InChI is InChI=1S/C10H14N2O4/c1-3-16-10(15)8(9(13)14)4-7-5-11-12(2)6-7/h5-6,8H,3-4H2,1-2H3,(H,13,14). The van der Waals surface area contributed by atoms with Gasteiger partial charge in [0.2, 0.25) is 0 Å². The van der Waals surface area contributed by atoms with Crippen molar-refractivity contribution in [3.05, 3.63) is 18.0 Å². The molecule has 6 nitrogen and oxygen atoms in total. The fourth-order valence-electron chi connectivity index (χ4n) is 1.33. The molecule has 1 aromatic heterocycles. The Hall–Kier alpha value is -1.85. The molecule has 6 heteroatoms. The predicted molar refractivity (Wildman–Crippen MR) is 54.7 cm³/mol. The SMILES string of the molecule is CCOC(=O)C(Cc1cnn(C)c1)C(=O)O. The van der Waals surface area contributed by atoms with Crippen molar-refractivity contribution >= 4 is 11.9 Å². The van der Waals surface area contributed by atoms with Gasteiger partial charge >= 0.3 is 11.9 Å². The van der Waals surface area contributed by atoms with Crippen LogP contribution in [0.1, 0.15) is 12.5 Å². The van der Waals surface area contributed by atoms with Gasteiger partial charge in [0.15, 0.2) is 5.92 Å². The maximum Gasteiger partial charge on any atom is 0.320 e. The van der Waals surface area contributed by atoms with E-state index >= 15 is 0 Å². The largest absolute Gasteiger partial charge is 0.481 e. The fourth-order valence-corrected chi connectivity index (χ4v) is 1.33. The summed E-state index contributed by atoms with van der Waals surface area (Å²) in [6.45, 7) is 1.82. The smallest absolute Gasteiger partial charge is 0.320 e. The Morgan fingerprint density at radius 1 is 1.62 bits per heavy atom. The summed E-state index contributed by atoms with van der Waals surface area (Å²) < 4.78 is 6.25. The molecule has 1 unspecified atom stereocenters.